The molecule has 2 aromatic rings. The molecule has 22 heavy (non-hydrogen) atoms. The number of aryl methyl sites for hydroxylation is 1. The van der Waals surface area contributed by atoms with Gasteiger partial charge in [-0.25, -0.2) is 4.98 Å². The van der Waals surface area contributed by atoms with Crippen LogP contribution in [0.15, 0.2) is 36.8 Å². The summed E-state index contributed by atoms with van der Waals surface area (Å²) in [7, 11) is 1.73. The number of hydrogen-bond acceptors (Lipinski definition) is 3. The van der Waals surface area contributed by atoms with Crippen LogP contribution in [0.1, 0.15) is 30.5 Å². The van der Waals surface area contributed by atoms with E-state index in [-0.39, 0.29) is 0 Å². The van der Waals surface area contributed by atoms with Gasteiger partial charge in [0, 0.05) is 25.0 Å². The Kier molecular flexibility index (Phi) is 5.11. The minimum Gasteiger partial charge on any atom is -0.497 e. The van der Waals surface area contributed by atoms with Gasteiger partial charge in [0.25, 0.3) is 0 Å². The molecule has 0 aliphatic carbocycles. The van der Waals surface area contributed by atoms with Gasteiger partial charge in [-0.05, 0) is 55.8 Å². The third-order valence-electron chi connectivity index (χ3n) is 4.53. The molecule has 2 heterocycles. The molecule has 1 fully saturated rings. The fourth-order valence-electron chi connectivity index (χ4n) is 3.34. The number of H-pyrrole nitrogens is 1. The summed E-state index contributed by atoms with van der Waals surface area (Å²) < 4.78 is 5.30. The van der Waals surface area contributed by atoms with E-state index < -0.39 is 0 Å². The molecule has 1 saturated heterocycles. The maximum atomic E-state index is 5.30. The van der Waals surface area contributed by atoms with Gasteiger partial charge in [-0.3, -0.25) is 4.90 Å². The maximum absolute atomic E-state index is 5.30. The molecule has 0 spiro atoms. The SMILES string of the molecule is COc1cccc(CC[C@H]2CCCN(Cc3cnc[nH]3)C2)c1. The average molecular weight is 299 g/mol. The van der Waals surface area contributed by atoms with Crippen LogP contribution in [0, 0.1) is 5.92 Å². The van der Waals surface area contributed by atoms with Crippen LogP contribution in [0.3, 0.4) is 0 Å². The first-order valence-electron chi connectivity index (χ1n) is 8.16. The average Bonchev–Trinajstić information content (AvgIpc) is 3.06. The second-order valence-electron chi connectivity index (χ2n) is 6.21. The van der Waals surface area contributed by atoms with E-state index in [4.69, 9.17) is 4.74 Å². The van der Waals surface area contributed by atoms with Crippen molar-refractivity contribution in [1.29, 1.82) is 0 Å². The normalized spacial score (nSPS) is 19.2. The van der Waals surface area contributed by atoms with E-state index in [0.717, 1.165) is 24.6 Å². The number of piperidine rings is 1. The lowest BCUT2D eigenvalue weighted by Gasteiger charge is -2.32. The summed E-state index contributed by atoms with van der Waals surface area (Å²) in [4.78, 5) is 9.86. The predicted octanol–water partition coefficient (Wildman–Crippen LogP) is 3.26. The largest absolute Gasteiger partial charge is 0.497 e. The summed E-state index contributed by atoms with van der Waals surface area (Å²) in [5, 5.41) is 0. The zero-order chi connectivity index (χ0) is 15.2. The van der Waals surface area contributed by atoms with Gasteiger partial charge in [-0.1, -0.05) is 12.1 Å². The zero-order valence-corrected chi connectivity index (χ0v) is 13.3. The molecule has 1 N–H and O–H groups in total. The van der Waals surface area contributed by atoms with Crippen LogP contribution in [0.5, 0.6) is 5.75 Å². The highest BCUT2D eigenvalue weighted by molar-refractivity contribution is 5.28. The fraction of sp³-hybridized carbons (Fsp3) is 0.500. The number of nitrogens with one attached hydrogen (secondary N) is 1. The lowest BCUT2D eigenvalue weighted by atomic mass is 9.91. The minimum absolute atomic E-state index is 0.794. The first-order valence-corrected chi connectivity index (χ1v) is 8.16. The molecule has 1 aromatic heterocycles. The van der Waals surface area contributed by atoms with Crippen molar-refractivity contribution < 1.29 is 4.74 Å². The first kappa shape index (κ1) is 15.1. The van der Waals surface area contributed by atoms with Gasteiger partial charge in [0.05, 0.1) is 13.4 Å². The number of ether oxygens (including phenoxy) is 1. The third kappa shape index (κ3) is 4.10. The molecule has 0 amide bonds. The van der Waals surface area contributed by atoms with Crippen LogP contribution < -0.4 is 4.74 Å². The number of imidazole rings is 1. The summed E-state index contributed by atoms with van der Waals surface area (Å²) >= 11 is 0. The van der Waals surface area contributed by atoms with Crippen molar-refractivity contribution in [2.45, 2.75) is 32.2 Å². The molecule has 4 heteroatoms. The highest BCUT2D eigenvalue weighted by Crippen LogP contribution is 2.23. The highest BCUT2D eigenvalue weighted by Gasteiger charge is 2.20. The summed E-state index contributed by atoms with van der Waals surface area (Å²) in [5.74, 6) is 1.75. The number of methoxy groups -OCH3 is 1. The molecule has 1 aromatic carbocycles. The molecule has 1 atom stereocenters. The lowest BCUT2D eigenvalue weighted by Crippen LogP contribution is -2.35. The van der Waals surface area contributed by atoms with E-state index in [1.165, 1.54) is 43.6 Å². The van der Waals surface area contributed by atoms with E-state index in [9.17, 15) is 0 Å². The molecule has 0 radical (unpaired) electrons. The van der Waals surface area contributed by atoms with Crippen molar-refractivity contribution in [3.63, 3.8) is 0 Å². The highest BCUT2D eigenvalue weighted by atomic mass is 16.5. The summed E-state index contributed by atoms with van der Waals surface area (Å²) in [5.41, 5.74) is 2.60. The van der Waals surface area contributed by atoms with Crippen molar-refractivity contribution in [2.24, 2.45) is 5.92 Å². The summed E-state index contributed by atoms with van der Waals surface area (Å²) in [6, 6.07) is 8.45. The molecule has 1 aliphatic heterocycles. The van der Waals surface area contributed by atoms with Gasteiger partial charge in [-0.15, -0.1) is 0 Å². The van der Waals surface area contributed by atoms with Crippen molar-refractivity contribution in [2.75, 3.05) is 20.2 Å². The number of aromatic amines is 1. The van der Waals surface area contributed by atoms with E-state index in [1.54, 1.807) is 13.4 Å². The standard InChI is InChI=1S/C18H25N3O/c1-22-18-6-2-4-15(10-18)7-8-16-5-3-9-21(12-16)13-17-11-19-14-20-17/h2,4,6,10-11,14,16H,3,5,7-9,12-13H2,1H3,(H,19,20)/t16-/m1/s1. The van der Waals surface area contributed by atoms with E-state index >= 15 is 0 Å². The molecular formula is C18H25N3O. The molecule has 0 unspecified atom stereocenters. The summed E-state index contributed by atoms with van der Waals surface area (Å²) in [6.07, 6.45) is 8.74. The molecule has 118 valence electrons. The van der Waals surface area contributed by atoms with Gasteiger partial charge >= 0.3 is 0 Å². The van der Waals surface area contributed by atoms with Gasteiger partial charge in [0.2, 0.25) is 0 Å². The van der Waals surface area contributed by atoms with Gasteiger partial charge in [-0.2, -0.15) is 0 Å². The molecule has 3 rings (SSSR count). The topological polar surface area (TPSA) is 41.1 Å². The molecule has 4 nitrogen and oxygen atoms in total. The Bertz CT molecular complexity index is 567. The van der Waals surface area contributed by atoms with Crippen molar-refractivity contribution in [3.05, 3.63) is 48.0 Å². The minimum atomic E-state index is 0.794. The van der Waals surface area contributed by atoms with Crippen molar-refractivity contribution in [1.82, 2.24) is 14.9 Å². The van der Waals surface area contributed by atoms with Gasteiger partial charge < -0.3 is 9.72 Å². The Hall–Kier alpha value is -1.81. The number of benzene rings is 1. The van der Waals surface area contributed by atoms with Crippen molar-refractivity contribution in [3.8, 4) is 5.75 Å². The number of aromatic nitrogens is 2. The van der Waals surface area contributed by atoms with Crippen LogP contribution in [0.25, 0.3) is 0 Å². The Morgan fingerprint density at radius 1 is 1.41 bits per heavy atom. The number of rotatable bonds is 6. The predicted molar refractivity (Wildman–Crippen MR) is 87.9 cm³/mol. The van der Waals surface area contributed by atoms with Crippen LogP contribution in [-0.2, 0) is 13.0 Å². The van der Waals surface area contributed by atoms with Gasteiger partial charge in [0.15, 0.2) is 0 Å². The van der Waals surface area contributed by atoms with Crippen LogP contribution >= 0.6 is 0 Å². The number of hydrogen-bond donors (Lipinski definition) is 1. The van der Waals surface area contributed by atoms with Crippen LogP contribution in [-0.4, -0.2) is 35.1 Å². The zero-order valence-electron chi connectivity index (χ0n) is 13.3. The quantitative estimate of drug-likeness (QED) is 0.890. The van der Waals surface area contributed by atoms with Crippen molar-refractivity contribution >= 4 is 0 Å². The Labute approximate surface area is 132 Å². The molecular weight excluding hydrogens is 274 g/mol. The number of likely N-dealkylation sites (tertiary alicyclic amines) is 1. The Morgan fingerprint density at radius 2 is 2.36 bits per heavy atom. The third-order valence-corrected chi connectivity index (χ3v) is 4.53. The second-order valence-corrected chi connectivity index (χ2v) is 6.21. The first-order chi connectivity index (χ1) is 10.8. The monoisotopic (exact) mass is 299 g/mol. The van der Waals surface area contributed by atoms with E-state index in [0.29, 0.717) is 0 Å². The van der Waals surface area contributed by atoms with Crippen LogP contribution in [0.4, 0.5) is 0 Å². The van der Waals surface area contributed by atoms with Gasteiger partial charge in [0.1, 0.15) is 5.75 Å². The Morgan fingerprint density at radius 3 is 3.18 bits per heavy atom. The molecule has 1 aliphatic rings. The smallest absolute Gasteiger partial charge is 0.119 e. The number of nitrogens with zero attached hydrogens (tertiary/aromatic N) is 2. The second kappa shape index (κ2) is 7.45. The molecule has 0 bridgehead atoms. The molecule has 0 saturated carbocycles. The van der Waals surface area contributed by atoms with Crippen LogP contribution in [0.2, 0.25) is 0 Å². The maximum Gasteiger partial charge on any atom is 0.119 e. The van der Waals surface area contributed by atoms with E-state index in [1.807, 2.05) is 12.3 Å². The summed E-state index contributed by atoms with van der Waals surface area (Å²) in [6.45, 7) is 3.40. The Balaban J connectivity index is 1.49. The lowest BCUT2D eigenvalue weighted by molar-refractivity contribution is 0.160. The fourth-order valence-corrected chi connectivity index (χ4v) is 3.34. The van der Waals surface area contributed by atoms with E-state index in [2.05, 4.69) is 33.1 Å².